The second kappa shape index (κ2) is 0.819. The molecule has 0 aromatic heterocycles. The third-order valence-electron chi connectivity index (χ3n) is 1.10. The van der Waals surface area contributed by atoms with Gasteiger partial charge in [0.25, 0.3) is 0 Å². The number of ketones is 1. The predicted octanol–water partition coefficient (Wildman–Crippen LogP) is -0.434. The summed E-state index contributed by atoms with van der Waals surface area (Å²) >= 11 is 0. The van der Waals surface area contributed by atoms with Gasteiger partial charge in [-0.25, -0.2) is 0 Å². The van der Waals surface area contributed by atoms with Crippen molar-refractivity contribution in [2.45, 2.75) is 13.0 Å². The van der Waals surface area contributed by atoms with Crippen LogP contribution in [0.25, 0.3) is 0 Å². The van der Waals surface area contributed by atoms with E-state index in [2.05, 4.69) is 0 Å². The van der Waals surface area contributed by atoms with Crippen molar-refractivity contribution >= 4 is 5.78 Å². The van der Waals surface area contributed by atoms with E-state index in [4.69, 9.17) is 5.11 Å². The highest BCUT2D eigenvalue weighted by molar-refractivity contribution is 6.01. The summed E-state index contributed by atoms with van der Waals surface area (Å²) in [4.78, 5) is 9.97. The maximum atomic E-state index is 9.97. The molecule has 1 fully saturated rings. The first-order valence-electron chi connectivity index (χ1n) is 1.95. The van der Waals surface area contributed by atoms with Crippen LogP contribution in [0.15, 0.2) is 0 Å². The Morgan fingerprint density at radius 3 is 2.00 bits per heavy atom. The van der Waals surface area contributed by atoms with E-state index in [9.17, 15) is 4.79 Å². The van der Waals surface area contributed by atoms with Crippen molar-refractivity contribution in [1.82, 2.24) is 0 Å². The van der Waals surface area contributed by atoms with Crippen molar-refractivity contribution in [2.75, 3.05) is 0 Å². The third kappa shape index (κ3) is 0.271. The van der Waals surface area contributed by atoms with E-state index >= 15 is 0 Å². The largest absolute Gasteiger partial charge is 0.385 e. The fourth-order valence-corrected chi connectivity index (χ4v) is 0.346. The number of carbonyl (C=O) groups is 1. The number of aliphatic hydroxyl groups excluding tert-OH is 1. The number of carbonyl (C=O) groups excluding carboxylic acids is 1. The molecule has 0 aromatic rings. The maximum absolute atomic E-state index is 9.97. The molecule has 1 aliphatic rings. The van der Waals surface area contributed by atoms with Crippen LogP contribution in [0.1, 0.15) is 6.92 Å². The lowest BCUT2D eigenvalue weighted by atomic mass is 10.5. The van der Waals surface area contributed by atoms with Crippen LogP contribution in [0.4, 0.5) is 0 Å². The van der Waals surface area contributed by atoms with Crippen LogP contribution in [0.5, 0.6) is 0 Å². The van der Waals surface area contributed by atoms with Crippen molar-refractivity contribution in [3.63, 3.8) is 0 Å². The molecule has 0 radical (unpaired) electrons. The van der Waals surface area contributed by atoms with Gasteiger partial charge in [-0.05, 0) is 0 Å². The van der Waals surface area contributed by atoms with Crippen LogP contribution >= 0.6 is 0 Å². The fraction of sp³-hybridized carbons (Fsp3) is 0.750. The van der Waals surface area contributed by atoms with Crippen LogP contribution in [0.3, 0.4) is 0 Å². The van der Waals surface area contributed by atoms with Gasteiger partial charge >= 0.3 is 0 Å². The van der Waals surface area contributed by atoms with E-state index in [1.54, 1.807) is 6.92 Å². The molecule has 0 heterocycles. The average molecular weight is 86.1 g/mol. The minimum absolute atomic E-state index is 0.0185. The van der Waals surface area contributed by atoms with Crippen molar-refractivity contribution in [2.24, 2.45) is 5.92 Å². The Morgan fingerprint density at radius 2 is 2.00 bits per heavy atom. The summed E-state index contributed by atoms with van der Waals surface area (Å²) in [6.45, 7) is 1.72. The Kier molecular flexibility index (Phi) is 0.520. The normalized spacial score (nSPS) is 43.3. The summed E-state index contributed by atoms with van der Waals surface area (Å²) in [7, 11) is 0. The quantitative estimate of drug-likeness (QED) is 0.434. The molecule has 2 heteroatoms. The third-order valence-corrected chi connectivity index (χ3v) is 1.10. The van der Waals surface area contributed by atoms with Gasteiger partial charge in [-0.1, -0.05) is 6.92 Å². The summed E-state index contributed by atoms with van der Waals surface area (Å²) in [5, 5.41) is 8.35. The lowest BCUT2D eigenvalue weighted by Crippen LogP contribution is -1.78. The van der Waals surface area contributed by atoms with Gasteiger partial charge in [0.1, 0.15) is 6.10 Å². The van der Waals surface area contributed by atoms with Crippen LogP contribution in [0, 0.1) is 5.92 Å². The predicted molar refractivity (Wildman–Crippen MR) is 20.2 cm³/mol. The van der Waals surface area contributed by atoms with Crippen LogP contribution in [0.2, 0.25) is 0 Å². The van der Waals surface area contributed by atoms with Crippen LogP contribution in [-0.4, -0.2) is 17.0 Å². The molecule has 1 rings (SSSR count). The molecule has 0 aromatic carbocycles. The van der Waals surface area contributed by atoms with Crippen molar-refractivity contribution in [1.29, 1.82) is 0 Å². The Balaban J connectivity index is 2.51. The summed E-state index contributed by atoms with van der Waals surface area (Å²) in [6.07, 6.45) is -0.620. The second-order valence-corrected chi connectivity index (χ2v) is 1.64. The highest BCUT2D eigenvalue weighted by atomic mass is 16.3. The number of hydrogen-bond donors (Lipinski definition) is 1. The summed E-state index contributed by atoms with van der Waals surface area (Å²) in [6, 6.07) is 0. The van der Waals surface area contributed by atoms with Gasteiger partial charge in [0.05, 0.1) is 5.92 Å². The first kappa shape index (κ1) is 3.81. The van der Waals surface area contributed by atoms with Gasteiger partial charge in [-0.3, -0.25) is 4.79 Å². The second-order valence-electron chi connectivity index (χ2n) is 1.64. The van der Waals surface area contributed by atoms with E-state index in [1.807, 2.05) is 0 Å². The number of aliphatic hydroxyl groups is 1. The zero-order valence-electron chi connectivity index (χ0n) is 3.51. The number of Topliss-reactive ketones (excluding diaryl/α,β-unsaturated/α-hetero) is 1. The number of rotatable bonds is 0. The van der Waals surface area contributed by atoms with Gasteiger partial charge in [0.2, 0.25) is 0 Å². The first-order chi connectivity index (χ1) is 2.73. The molecule has 34 valence electrons. The van der Waals surface area contributed by atoms with Gasteiger partial charge < -0.3 is 5.11 Å². The standard InChI is InChI=1S/C4H6O2/c1-2-3(5)4(2)6/h2-3,5H,1H3. The molecule has 2 atom stereocenters. The Labute approximate surface area is 35.8 Å². The Morgan fingerprint density at radius 1 is 1.83 bits per heavy atom. The lowest BCUT2D eigenvalue weighted by molar-refractivity contribution is -0.113. The van der Waals surface area contributed by atoms with E-state index < -0.39 is 6.10 Å². The highest BCUT2D eigenvalue weighted by Gasteiger charge is 2.43. The minimum Gasteiger partial charge on any atom is -0.385 e. The van der Waals surface area contributed by atoms with E-state index in [-0.39, 0.29) is 11.7 Å². The van der Waals surface area contributed by atoms with Crippen molar-refractivity contribution in [3.8, 4) is 0 Å². The monoisotopic (exact) mass is 86.0 g/mol. The average Bonchev–Trinajstić information content (AvgIpc) is 1.94. The molecule has 6 heavy (non-hydrogen) atoms. The van der Waals surface area contributed by atoms with Gasteiger partial charge in [-0.2, -0.15) is 0 Å². The fourth-order valence-electron chi connectivity index (χ4n) is 0.346. The van der Waals surface area contributed by atoms with Gasteiger partial charge in [0, 0.05) is 0 Å². The van der Waals surface area contributed by atoms with Crippen molar-refractivity contribution < 1.29 is 9.90 Å². The topological polar surface area (TPSA) is 37.3 Å². The van der Waals surface area contributed by atoms with E-state index in [1.165, 1.54) is 0 Å². The molecule has 2 unspecified atom stereocenters. The molecule has 0 saturated heterocycles. The zero-order valence-corrected chi connectivity index (χ0v) is 3.51. The maximum Gasteiger partial charge on any atom is 0.167 e. The van der Waals surface area contributed by atoms with Crippen molar-refractivity contribution in [3.05, 3.63) is 0 Å². The van der Waals surface area contributed by atoms with E-state index in [0.717, 1.165) is 0 Å². The Hall–Kier alpha value is -0.370. The lowest BCUT2D eigenvalue weighted by Gasteiger charge is -1.63. The molecule has 0 spiro atoms. The number of hydrogen-bond acceptors (Lipinski definition) is 2. The summed E-state index contributed by atoms with van der Waals surface area (Å²) < 4.78 is 0. The minimum atomic E-state index is -0.620. The summed E-state index contributed by atoms with van der Waals surface area (Å²) in [5.74, 6) is -0.0833. The highest BCUT2D eigenvalue weighted by Crippen LogP contribution is 2.22. The van der Waals surface area contributed by atoms with Crippen LogP contribution < -0.4 is 0 Å². The smallest absolute Gasteiger partial charge is 0.167 e. The van der Waals surface area contributed by atoms with Gasteiger partial charge in [-0.15, -0.1) is 0 Å². The molecule has 0 aliphatic heterocycles. The SMILES string of the molecule is CC1C(=O)C1O. The molecule has 2 nitrogen and oxygen atoms in total. The van der Waals surface area contributed by atoms with Crippen LogP contribution in [-0.2, 0) is 4.79 Å². The molecule has 0 amide bonds. The van der Waals surface area contributed by atoms with E-state index in [0.29, 0.717) is 0 Å². The first-order valence-corrected chi connectivity index (χ1v) is 1.95. The molecule has 1 N–H and O–H groups in total. The molecular weight excluding hydrogens is 80.0 g/mol. The van der Waals surface area contributed by atoms with Gasteiger partial charge in [0.15, 0.2) is 5.78 Å². The summed E-state index contributed by atoms with van der Waals surface area (Å²) in [5.41, 5.74) is 0. The molecule has 1 saturated carbocycles. The molecular formula is C4H6O2. The Bertz CT molecular complexity index is 77.5. The zero-order chi connectivity index (χ0) is 4.73. The molecule has 1 aliphatic carbocycles. The molecule has 0 bridgehead atoms.